The molecule has 4 rings (SSSR count). The Morgan fingerprint density at radius 2 is 1.89 bits per heavy atom. The molecule has 28 heavy (non-hydrogen) atoms. The maximum atomic E-state index is 12.8. The highest BCUT2D eigenvalue weighted by atomic mass is 35.5. The molecule has 0 fully saturated rings. The first-order chi connectivity index (χ1) is 13.4. The van der Waals surface area contributed by atoms with Crippen molar-refractivity contribution >= 4 is 56.2 Å². The summed E-state index contributed by atoms with van der Waals surface area (Å²) in [6, 6.07) is 12.8. The quantitative estimate of drug-likeness (QED) is 0.390. The largest absolute Gasteiger partial charge is 0.478 e. The third-order valence-corrected chi connectivity index (χ3v) is 6.64. The van der Waals surface area contributed by atoms with Crippen molar-refractivity contribution in [1.82, 2.24) is 4.98 Å². The van der Waals surface area contributed by atoms with Crippen molar-refractivity contribution in [3.63, 3.8) is 0 Å². The SMILES string of the molecule is Cc1ccc2nc(C(=O)Cc3scc(-c4ccc(Cl)cc4)c3C(=O)O)sc2c1. The normalized spacial score (nSPS) is 11.1. The van der Waals surface area contributed by atoms with E-state index in [0.717, 1.165) is 21.3 Å². The second kappa shape index (κ2) is 7.47. The number of thiazole rings is 1. The molecule has 0 saturated heterocycles. The van der Waals surface area contributed by atoms with Gasteiger partial charge in [-0.2, -0.15) is 0 Å². The highest BCUT2D eigenvalue weighted by molar-refractivity contribution is 7.20. The Morgan fingerprint density at radius 1 is 1.14 bits per heavy atom. The third-order valence-electron chi connectivity index (χ3n) is 4.34. The van der Waals surface area contributed by atoms with Crippen molar-refractivity contribution in [2.45, 2.75) is 13.3 Å². The lowest BCUT2D eigenvalue weighted by Gasteiger charge is -2.03. The number of rotatable bonds is 5. The van der Waals surface area contributed by atoms with E-state index in [-0.39, 0.29) is 17.8 Å². The molecule has 0 aliphatic rings. The van der Waals surface area contributed by atoms with Gasteiger partial charge in [-0.3, -0.25) is 4.79 Å². The molecule has 4 nitrogen and oxygen atoms in total. The number of carbonyl (C=O) groups excluding carboxylic acids is 1. The Balaban J connectivity index is 1.67. The topological polar surface area (TPSA) is 67.3 Å². The fourth-order valence-electron chi connectivity index (χ4n) is 2.98. The van der Waals surface area contributed by atoms with Crippen LogP contribution in [0.5, 0.6) is 0 Å². The van der Waals surface area contributed by atoms with E-state index in [1.165, 1.54) is 22.7 Å². The maximum absolute atomic E-state index is 12.8. The molecular formula is C21H14ClNO3S2. The zero-order valence-electron chi connectivity index (χ0n) is 14.7. The molecule has 140 valence electrons. The fourth-order valence-corrected chi connectivity index (χ4v) is 5.15. The van der Waals surface area contributed by atoms with Crippen molar-refractivity contribution in [3.05, 3.63) is 73.9 Å². The van der Waals surface area contributed by atoms with Crippen molar-refractivity contribution < 1.29 is 14.7 Å². The Hall–Kier alpha value is -2.54. The van der Waals surface area contributed by atoms with E-state index in [9.17, 15) is 14.7 Å². The average molecular weight is 428 g/mol. The maximum Gasteiger partial charge on any atom is 0.337 e. The minimum Gasteiger partial charge on any atom is -0.478 e. The van der Waals surface area contributed by atoms with E-state index in [0.29, 0.717) is 20.5 Å². The number of hydrogen-bond acceptors (Lipinski definition) is 5. The average Bonchev–Trinajstić information content (AvgIpc) is 3.26. The number of nitrogens with zero attached hydrogens (tertiary/aromatic N) is 1. The van der Waals surface area contributed by atoms with Gasteiger partial charge in [0, 0.05) is 21.9 Å². The summed E-state index contributed by atoms with van der Waals surface area (Å²) >= 11 is 8.54. The summed E-state index contributed by atoms with van der Waals surface area (Å²) < 4.78 is 0.954. The summed E-state index contributed by atoms with van der Waals surface area (Å²) in [5.74, 6) is -1.22. The number of carboxylic acids is 1. The Morgan fingerprint density at radius 3 is 2.61 bits per heavy atom. The van der Waals surface area contributed by atoms with Gasteiger partial charge in [0.05, 0.1) is 15.8 Å². The van der Waals surface area contributed by atoms with E-state index in [2.05, 4.69) is 4.98 Å². The molecule has 1 N–H and O–H groups in total. The van der Waals surface area contributed by atoms with Crippen LogP contribution in [0.2, 0.25) is 5.02 Å². The van der Waals surface area contributed by atoms with Gasteiger partial charge in [0.15, 0.2) is 10.8 Å². The summed E-state index contributed by atoms with van der Waals surface area (Å²) in [5, 5.41) is 12.5. The van der Waals surface area contributed by atoms with Crippen LogP contribution in [0.25, 0.3) is 21.3 Å². The molecule has 0 aliphatic heterocycles. The first-order valence-electron chi connectivity index (χ1n) is 8.42. The number of fused-ring (bicyclic) bond motifs is 1. The predicted molar refractivity (Wildman–Crippen MR) is 114 cm³/mol. The number of aromatic nitrogens is 1. The standard InChI is InChI=1S/C21H14ClNO3S2/c1-11-2-7-15-17(8-11)28-20(23-15)16(24)9-18-19(21(25)26)14(10-27-18)12-3-5-13(22)6-4-12/h2-8,10H,9H2,1H3,(H,25,26). The first kappa shape index (κ1) is 18.8. The van der Waals surface area contributed by atoms with Gasteiger partial charge >= 0.3 is 5.97 Å². The number of aromatic carboxylic acids is 1. The van der Waals surface area contributed by atoms with Gasteiger partial charge in [-0.1, -0.05) is 29.8 Å². The van der Waals surface area contributed by atoms with Crippen LogP contribution in [-0.2, 0) is 6.42 Å². The van der Waals surface area contributed by atoms with Crippen molar-refractivity contribution in [2.75, 3.05) is 0 Å². The molecule has 0 spiro atoms. The Bertz CT molecular complexity index is 1210. The highest BCUT2D eigenvalue weighted by Gasteiger charge is 2.23. The molecule has 0 bridgehead atoms. The summed E-state index contributed by atoms with van der Waals surface area (Å²) in [7, 11) is 0. The molecule has 0 radical (unpaired) electrons. The van der Waals surface area contributed by atoms with Crippen molar-refractivity contribution in [3.8, 4) is 11.1 Å². The van der Waals surface area contributed by atoms with Gasteiger partial charge in [0.2, 0.25) is 0 Å². The number of halogens is 1. The number of carbonyl (C=O) groups is 2. The van der Waals surface area contributed by atoms with Crippen molar-refractivity contribution in [2.24, 2.45) is 0 Å². The summed E-state index contributed by atoms with van der Waals surface area (Å²) in [5.41, 5.74) is 3.40. The predicted octanol–water partition coefficient (Wildman–Crippen LogP) is 6.11. The molecule has 0 saturated carbocycles. The van der Waals surface area contributed by atoms with E-state index < -0.39 is 5.97 Å². The number of carboxylic acid groups (broad SMARTS) is 1. The highest BCUT2D eigenvalue weighted by Crippen LogP contribution is 2.34. The lowest BCUT2D eigenvalue weighted by molar-refractivity contribution is 0.0697. The van der Waals surface area contributed by atoms with Gasteiger partial charge in [0.1, 0.15) is 0 Å². The van der Waals surface area contributed by atoms with Crippen LogP contribution in [0, 0.1) is 6.92 Å². The fraction of sp³-hybridized carbons (Fsp3) is 0.0952. The first-order valence-corrected chi connectivity index (χ1v) is 10.5. The van der Waals surface area contributed by atoms with Crippen LogP contribution in [0.1, 0.15) is 30.6 Å². The molecule has 0 amide bonds. The van der Waals surface area contributed by atoms with Crippen LogP contribution < -0.4 is 0 Å². The van der Waals surface area contributed by atoms with Crippen molar-refractivity contribution in [1.29, 1.82) is 0 Å². The minimum atomic E-state index is -1.05. The van der Waals surface area contributed by atoms with E-state index in [4.69, 9.17) is 11.6 Å². The second-order valence-corrected chi connectivity index (χ2v) is 8.78. The Kier molecular flexibility index (Phi) is 5.02. The summed E-state index contributed by atoms with van der Waals surface area (Å²) in [4.78, 5) is 29.6. The van der Waals surface area contributed by atoms with Crippen LogP contribution in [0.15, 0.2) is 47.8 Å². The monoisotopic (exact) mass is 427 g/mol. The Labute approximate surface area is 174 Å². The molecule has 2 aromatic carbocycles. The lowest BCUT2D eigenvalue weighted by atomic mass is 10.0. The van der Waals surface area contributed by atoms with Crippen LogP contribution in [-0.4, -0.2) is 21.8 Å². The molecule has 2 aromatic heterocycles. The third kappa shape index (κ3) is 3.58. The zero-order chi connectivity index (χ0) is 19.8. The number of thiophene rings is 1. The second-order valence-electron chi connectivity index (χ2n) is 6.35. The van der Waals surface area contributed by atoms with E-state index in [1.54, 1.807) is 29.6 Å². The van der Waals surface area contributed by atoms with Gasteiger partial charge in [0.25, 0.3) is 0 Å². The minimum absolute atomic E-state index is 0.0126. The van der Waals surface area contributed by atoms with Gasteiger partial charge in [-0.25, -0.2) is 9.78 Å². The number of Topliss-reactive ketones (excluding diaryl/α,β-unsaturated/α-hetero) is 1. The lowest BCUT2D eigenvalue weighted by Crippen LogP contribution is -2.07. The van der Waals surface area contributed by atoms with Crippen LogP contribution in [0.3, 0.4) is 0 Å². The zero-order valence-corrected chi connectivity index (χ0v) is 17.1. The van der Waals surface area contributed by atoms with Gasteiger partial charge < -0.3 is 5.11 Å². The molecule has 0 unspecified atom stereocenters. The van der Waals surface area contributed by atoms with Gasteiger partial charge in [-0.05, 0) is 47.7 Å². The summed E-state index contributed by atoms with van der Waals surface area (Å²) in [6.07, 6.45) is 0.0126. The molecule has 0 atom stereocenters. The molecule has 7 heteroatoms. The number of benzene rings is 2. The molecule has 2 heterocycles. The van der Waals surface area contributed by atoms with E-state index >= 15 is 0 Å². The number of ketones is 1. The summed E-state index contributed by atoms with van der Waals surface area (Å²) in [6.45, 7) is 1.99. The molecule has 4 aromatic rings. The smallest absolute Gasteiger partial charge is 0.337 e. The molecule has 0 aliphatic carbocycles. The van der Waals surface area contributed by atoms with Crippen LogP contribution in [0.4, 0.5) is 0 Å². The molecular weight excluding hydrogens is 414 g/mol. The van der Waals surface area contributed by atoms with Gasteiger partial charge in [-0.15, -0.1) is 22.7 Å². The number of hydrogen-bond donors (Lipinski definition) is 1. The number of aryl methyl sites for hydroxylation is 1. The van der Waals surface area contributed by atoms with E-state index in [1.807, 2.05) is 25.1 Å². The van der Waals surface area contributed by atoms with Crippen LogP contribution >= 0.6 is 34.3 Å².